The maximum absolute atomic E-state index is 10.6. The van der Waals surface area contributed by atoms with E-state index in [0.29, 0.717) is 0 Å². The van der Waals surface area contributed by atoms with Crippen LogP contribution in [0, 0.1) is 0 Å². The normalized spacial score (nSPS) is 17.9. The van der Waals surface area contributed by atoms with E-state index in [1.54, 1.807) is 0 Å². The SMILES string of the molecule is NP(=O)(OP=S)OP=S. The molecule has 0 saturated heterocycles. The molecule has 9 heavy (non-hydrogen) atoms. The lowest BCUT2D eigenvalue weighted by Gasteiger charge is -2.01. The third-order valence-electron chi connectivity index (χ3n) is 0.294. The summed E-state index contributed by atoms with van der Waals surface area (Å²) in [4.78, 5) is 0. The van der Waals surface area contributed by atoms with Crippen molar-refractivity contribution in [2.75, 3.05) is 0 Å². The van der Waals surface area contributed by atoms with Gasteiger partial charge in [-0.2, -0.15) is 0 Å². The molecule has 4 nitrogen and oxygen atoms in total. The van der Waals surface area contributed by atoms with Crippen molar-refractivity contribution in [1.82, 2.24) is 0 Å². The minimum atomic E-state index is -3.43. The van der Waals surface area contributed by atoms with E-state index >= 15 is 0 Å². The molecule has 0 spiro atoms. The Morgan fingerprint density at radius 1 is 1.33 bits per heavy atom. The predicted octanol–water partition coefficient (Wildman–Crippen LogP) is 1.73. The lowest BCUT2D eigenvalue weighted by atomic mass is 13.9. The van der Waals surface area contributed by atoms with E-state index in [9.17, 15) is 4.57 Å². The Labute approximate surface area is 65.5 Å². The second-order valence-electron chi connectivity index (χ2n) is 0.852. The summed E-state index contributed by atoms with van der Waals surface area (Å²) in [6.45, 7) is 0. The summed E-state index contributed by atoms with van der Waals surface area (Å²) >= 11 is 8.59. The van der Waals surface area contributed by atoms with E-state index in [0.717, 1.165) is 0 Å². The van der Waals surface area contributed by atoms with Gasteiger partial charge in [-0.1, -0.05) is 0 Å². The lowest BCUT2D eigenvalue weighted by molar-refractivity contribution is 0.431. The number of hydrogen-bond donors (Lipinski definition) is 1. The summed E-state index contributed by atoms with van der Waals surface area (Å²) < 4.78 is 19.2. The van der Waals surface area contributed by atoms with Crippen LogP contribution >= 0.6 is 22.9 Å². The molecule has 2 N–H and O–H groups in total. The average Bonchev–Trinajstić information content (AvgIpc) is 1.64. The minimum absolute atomic E-state index is 0.0532. The van der Waals surface area contributed by atoms with Crippen molar-refractivity contribution in [3.8, 4) is 0 Å². The van der Waals surface area contributed by atoms with Crippen LogP contribution in [0.1, 0.15) is 0 Å². The summed E-state index contributed by atoms with van der Waals surface area (Å²) in [5.41, 5.74) is 4.90. The quantitative estimate of drug-likeness (QED) is 0.729. The molecule has 0 aliphatic heterocycles. The lowest BCUT2D eigenvalue weighted by Crippen LogP contribution is -1.91. The molecule has 0 amide bonds. The van der Waals surface area contributed by atoms with Gasteiger partial charge in [0.2, 0.25) is 0 Å². The molecule has 0 aliphatic carbocycles. The van der Waals surface area contributed by atoms with E-state index in [-0.39, 0.29) is 15.2 Å². The van der Waals surface area contributed by atoms with Crippen LogP contribution in [0.3, 0.4) is 0 Å². The molecule has 0 fully saturated rings. The van der Waals surface area contributed by atoms with Crippen molar-refractivity contribution < 1.29 is 13.2 Å². The Morgan fingerprint density at radius 2 is 1.67 bits per heavy atom. The van der Waals surface area contributed by atoms with E-state index in [1.807, 2.05) is 0 Å². The first kappa shape index (κ1) is 10.2. The number of nitrogens with two attached hydrogens (primary N) is 1. The fourth-order valence-corrected chi connectivity index (χ4v) is 2.91. The standard InChI is InChI=1S/H2NO3P3S2/c1-7(2,3-5-8)4-6-9/h(H2,1,2). The highest BCUT2D eigenvalue weighted by Gasteiger charge is 2.15. The fourth-order valence-electron chi connectivity index (χ4n) is 0.108. The van der Waals surface area contributed by atoms with Crippen LogP contribution in [0.2, 0.25) is 0 Å². The monoisotopic (exact) mass is 221 g/mol. The summed E-state index contributed by atoms with van der Waals surface area (Å²) in [7, 11) is -3.32. The molecule has 0 unspecified atom stereocenters. The van der Waals surface area contributed by atoms with Crippen LogP contribution in [0.5, 0.6) is 0 Å². The van der Waals surface area contributed by atoms with Crippen LogP contribution in [-0.4, -0.2) is 0 Å². The van der Waals surface area contributed by atoms with E-state index in [2.05, 4.69) is 32.2 Å². The Morgan fingerprint density at radius 3 is 1.89 bits per heavy atom. The largest absolute Gasteiger partial charge is 0.420 e. The van der Waals surface area contributed by atoms with Crippen molar-refractivity contribution in [1.29, 1.82) is 0 Å². The topological polar surface area (TPSA) is 61.6 Å². The van der Waals surface area contributed by atoms with Gasteiger partial charge in [0.1, 0.15) is 15.2 Å². The maximum atomic E-state index is 10.6. The van der Waals surface area contributed by atoms with Crippen molar-refractivity contribution in [3.05, 3.63) is 0 Å². The third-order valence-corrected chi connectivity index (χ3v) is 3.85. The zero-order valence-corrected chi connectivity index (χ0v) is 8.28. The van der Waals surface area contributed by atoms with Gasteiger partial charge >= 0.3 is 7.75 Å². The molecule has 0 aliphatic rings. The molecule has 0 radical (unpaired) electrons. The minimum Gasteiger partial charge on any atom is -0.240 e. The van der Waals surface area contributed by atoms with Crippen LogP contribution in [-0.2, 0) is 36.8 Å². The molecule has 0 bridgehead atoms. The maximum Gasteiger partial charge on any atom is 0.420 e. The molecule has 0 rings (SSSR count). The second-order valence-corrected chi connectivity index (χ2v) is 4.43. The molecule has 0 atom stereocenters. The van der Waals surface area contributed by atoms with Gasteiger partial charge in [0.05, 0.1) is 0 Å². The van der Waals surface area contributed by atoms with Gasteiger partial charge in [0, 0.05) is 0 Å². The third kappa shape index (κ3) is 5.59. The predicted molar refractivity (Wildman–Crippen MR) is 42.5 cm³/mol. The first-order chi connectivity index (χ1) is 4.12. The van der Waals surface area contributed by atoms with Crippen LogP contribution in [0.15, 0.2) is 0 Å². The van der Waals surface area contributed by atoms with Crippen LogP contribution in [0.4, 0.5) is 0 Å². The van der Waals surface area contributed by atoms with E-state index in [1.165, 1.54) is 0 Å². The zero-order chi connectivity index (χ0) is 7.33. The molecule has 0 aromatic heterocycles. The van der Waals surface area contributed by atoms with Crippen molar-refractivity contribution in [3.63, 3.8) is 0 Å². The van der Waals surface area contributed by atoms with Crippen LogP contribution < -0.4 is 5.50 Å². The van der Waals surface area contributed by atoms with Crippen LogP contribution in [0.25, 0.3) is 0 Å². The molecular weight excluding hydrogens is 219 g/mol. The molecule has 0 heterocycles. The Hall–Kier alpha value is 1.15. The van der Waals surface area contributed by atoms with Gasteiger partial charge in [0.15, 0.2) is 0 Å². The van der Waals surface area contributed by atoms with E-state index < -0.39 is 7.75 Å². The summed E-state index contributed by atoms with van der Waals surface area (Å²) in [6, 6.07) is 0. The van der Waals surface area contributed by atoms with Gasteiger partial charge in [-0.25, -0.2) is 18.7 Å². The summed E-state index contributed by atoms with van der Waals surface area (Å²) in [6.07, 6.45) is 0. The van der Waals surface area contributed by atoms with Crippen molar-refractivity contribution >= 4 is 46.5 Å². The number of rotatable bonds is 4. The second kappa shape index (κ2) is 4.89. The van der Waals surface area contributed by atoms with Gasteiger partial charge < -0.3 is 0 Å². The molecule has 0 aromatic rings. The first-order valence-electron chi connectivity index (χ1n) is 1.54. The van der Waals surface area contributed by atoms with Crippen molar-refractivity contribution in [2.24, 2.45) is 5.50 Å². The highest BCUT2D eigenvalue weighted by molar-refractivity contribution is 7.98. The Kier molecular flexibility index (Phi) is 5.51. The van der Waals surface area contributed by atoms with Gasteiger partial charge in [-0.3, -0.25) is 0 Å². The zero-order valence-electron chi connectivity index (χ0n) is 3.96. The van der Waals surface area contributed by atoms with Crippen molar-refractivity contribution in [2.45, 2.75) is 0 Å². The van der Waals surface area contributed by atoms with Gasteiger partial charge in [0.25, 0.3) is 0 Å². The first-order valence-corrected chi connectivity index (χ1v) is 6.80. The molecule has 0 aromatic carbocycles. The number of hydrogen-bond acceptors (Lipinski definition) is 5. The smallest absolute Gasteiger partial charge is 0.240 e. The summed E-state index contributed by atoms with van der Waals surface area (Å²) in [5, 5.41) is 0. The fraction of sp³-hybridized carbons (Fsp3) is 0. The Bertz CT molecular complexity index is 143. The molecule has 52 valence electrons. The highest BCUT2D eigenvalue weighted by Crippen LogP contribution is 2.46. The molecule has 9 heteroatoms. The van der Waals surface area contributed by atoms with E-state index in [4.69, 9.17) is 5.50 Å². The Balaban J connectivity index is 3.85. The molecule has 0 saturated carbocycles. The van der Waals surface area contributed by atoms with Gasteiger partial charge in [-0.15, -0.1) is 0 Å². The molecular formula is H2NO3P3S2. The summed E-state index contributed by atoms with van der Waals surface area (Å²) in [5.74, 6) is 0. The average molecular weight is 221 g/mol. The van der Waals surface area contributed by atoms with Gasteiger partial charge in [-0.05, 0) is 23.6 Å². The highest BCUT2D eigenvalue weighted by atomic mass is 32.4.